The average molecular weight is 559 g/mol. The first-order valence-electron chi connectivity index (χ1n) is 12.2. The Hall–Kier alpha value is -4.62. The first-order valence-corrected chi connectivity index (χ1v) is 12.2. The highest BCUT2D eigenvalue weighted by Gasteiger charge is 2.39. The van der Waals surface area contributed by atoms with Crippen molar-refractivity contribution < 1.29 is 38.1 Å². The van der Waals surface area contributed by atoms with Crippen molar-refractivity contribution in [3.05, 3.63) is 44.1 Å². The molecule has 0 aliphatic carbocycles. The van der Waals surface area contributed by atoms with Crippen molar-refractivity contribution in [2.45, 2.75) is 66.4 Å². The summed E-state index contributed by atoms with van der Waals surface area (Å²) in [6.45, 7) is 7.32. The van der Waals surface area contributed by atoms with Gasteiger partial charge < -0.3 is 23.5 Å². The van der Waals surface area contributed by atoms with Crippen molar-refractivity contribution in [2.24, 2.45) is 7.05 Å². The van der Waals surface area contributed by atoms with E-state index in [-0.39, 0.29) is 18.1 Å². The Bertz CT molecular complexity index is 1570. The van der Waals surface area contributed by atoms with Gasteiger partial charge in [-0.1, -0.05) is 0 Å². The van der Waals surface area contributed by atoms with Crippen molar-refractivity contribution in [3.63, 3.8) is 0 Å². The molecule has 14 heteroatoms. The smallest absolute Gasteiger partial charge is 0.352 e. The lowest BCUT2D eigenvalue weighted by Gasteiger charge is -2.32. The Morgan fingerprint density at radius 3 is 1.98 bits per heavy atom. The van der Waals surface area contributed by atoms with Gasteiger partial charge in [0.25, 0.3) is 5.56 Å². The summed E-state index contributed by atoms with van der Waals surface area (Å²) in [5.74, 6) is -3.17. The van der Waals surface area contributed by atoms with Crippen LogP contribution in [0.25, 0.3) is 22.6 Å². The molecular weight excluding hydrogens is 528 g/mol. The maximum Gasteiger partial charge on any atom is 0.352 e. The minimum atomic E-state index is -1.47. The maximum absolute atomic E-state index is 13.0. The molecule has 2 heterocycles. The number of nitrogens with zero attached hydrogens (tertiary/aromatic N) is 4. The Balaban J connectivity index is 2.31. The third-order valence-corrected chi connectivity index (χ3v) is 6.06. The minimum absolute atomic E-state index is 0.105. The number of fused-ring (bicyclic) bond motifs is 2. The number of ether oxygens (including phenoxy) is 4. The first kappa shape index (κ1) is 29.9. The zero-order chi connectivity index (χ0) is 29.9. The van der Waals surface area contributed by atoms with Gasteiger partial charge in [-0.2, -0.15) is 4.98 Å². The van der Waals surface area contributed by atoms with Crippen LogP contribution in [0.4, 0.5) is 0 Å². The van der Waals surface area contributed by atoms with Gasteiger partial charge in [-0.3, -0.25) is 28.5 Å². The zero-order valence-corrected chi connectivity index (χ0v) is 23.2. The van der Waals surface area contributed by atoms with Crippen LogP contribution in [0.1, 0.15) is 38.8 Å². The van der Waals surface area contributed by atoms with E-state index in [1.807, 2.05) is 13.8 Å². The fourth-order valence-electron chi connectivity index (χ4n) is 4.15. The zero-order valence-electron chi connectivity index (χ0n) is 23.2. The predicted molar refractivity (Wildman–Crippen MR) is 138 cm³/mol. The molecular formula is C26H30N4O10. The minimum Gasteiger partial charge on any atom is -0.462 e. The topological polar surface area (TPSA) is 175 Å². The van der Waals surface area contributed by atoms with Crippen LogP contribution in [0.15, 0.2) is 21.7 Å². The van der Waals surface area contributed by atoms with E-state index < -0.39 is 60.0 Å². The molecule has 1 aromatic rings. The fraction of sp³-hybridized carbons (Fsp3) is 0.462. The van der Waals surface area contributed by atoms with Crippen molar-refractivity contribution in [1.82, 2.24) is 19.1 Å². The first-order chi connectivity index (χ1) is 18.7. The molecule has 2 aliphatic rings. The molecule has 3 rings (SSSR count). The van der Waals surface area contributed by atoms with E-state index in [9.17, 15) is 28.8 Å². The van der Waals surface area contributed by atoms with E-state index in [0.717, 1.165) is 43.4 Å². The number of carbonyl (C=O) groups is 4. The van der Waals surface area contributed by atoms with Crippen LogP contribution in [0.2, 0.25) is 0 Å². The summed E-state index contributed by atoms with van der Waals surface area (Å²) in [7, 11) is 1.27. The lowest BCUT2D eigenvalue weighted by molar-refractivity contribution is -0.190. The van der Waals surface area contributed by atoms with Crippen LogP contribution in [0.5, 0.6) is 0 Å². The molecule has 0 aromatic heterocycles. The van der Waals surface area contributed by atoms with Crippen LogP contribution in [0, 0.1) is 13.8 Å². The number of rotatable bonds is 9. The van der Waals surface area contributed by atoms with E-state index in [1.165, 1.54) is 11.6 Å². The van der Waals surface area contributed by atoms with Crippen LogP contribution in [0.3, 0.4) is 0 Å². The van der Waals surface area contributed by atoms with Gasteiger partial charge in [-0.25, -0.2) is 9.78 Å². The molecule has 14 nitrogen and oxygen atoms in total. The number of carbonyl (C=O) groups excluding carboxylic acids is 4. The van der Waals surface area contributed by atoms with Crippen molar-refractivity contribution in [1.29, 1.82) is 0 Å². The fourth-order valence-corrected chi connectivity index (χ4v) is 4.15. The van der Waals surface area contributed by atoms with E-state index in [0.29, 0.717) is 11.0 Å². The third kappa shape index (κ3) is 6.68. The quantitative estimate of drug-likeness (QED) is 0.203. The largest absolute Gasteiger partial charge is 0.462 e. The summed E-state index contributed by atoms with van der Waals surface area (Å²) < 4.78 is 23.6. The van der Waals surface area contributed by atoms with Crippen molar-refractivity contribution >= 4 is 34.9 Å². The van der Waals surface area contributed by atoms with Gasteiger partial charge in [-0.15, -0.1) is 0 Å². The summed E-state index contributed by atoms with van der Waals surface area (Å²) in [4.78, 5) is 81.8. The van der Waals surface area contributed by atoms with Crippen molar-refractivity contribution in [3.8, 4) is 11.5 Å². The summed E-state index contributed by atoms with van der Waals surface area (Å²) in [6, 6.07) is 3.51. The normalized spacial score (nSPS) is 13.4. The molecule has 0 amide bonds. The Morgan fingerprint density at radius 1 is 0.825 bits per heavy atom. The van der Waals surface area contributed by atoms with E-state index in [1.54, 1.807) is 12.1 Å². The summed E-state index contributed by atoms with van der Waals surface area (Å²) >= 11 is 0. The highest BCUT2D eigenvalue weighted by Crippen LogP contribution is 2.26. The molecule has 0 unspecified atom stereocenters. The van der Waals surface area contributed by atoms with Crippen LogP contribution >= 0.6 is 0 Å². The number of benzene rings is 1. The van der Waals surface area contributed by atoms with E-state index in [4.69, 9.17) is 18.9 Å². The SMILES string of the molecule is CC(=O)OC[C@H](OC(C)=O)[C@@H](OC(C)=O)[C@H](Cn1c2nc(=O)n(C)c(=O)c-2nc2cc(C)c(C)cc21)OC(C)=O. The lowest BCUT2D eigenvalue weighted by atomic mass is 10.1. The molecule has 0 saturated carbocycles. The second kappa shape index (κ2) is 12.1. The molecule has 0 fully saturated rings. The Morgan fingerprint density at radius 2 is 1.40 bits per heavy atom. The number of esters is 4. The molecule has 0 saturated heterocycles. The van der Waals surface area contributed by atoms with Gasteiger partial charge in [0, 0.05) is 34.7 Å². The molecule has 1 aromatic carbocycles. The highest BCUT2D eigenvalue weighted by molar-refractivity contribution is 5.81. The Labute approximate surface area is 228 Å². The molecule has 0 N–H and O–H groups in total. The molecule has 214 valence electrons. The monoisotopic (exact) mass is 558 g/mol. The lowest BCUT2D eigenvalue weighted by Crippen LogP contribution is -2.49. The van der Waals surface area contributed by atoms with Gasteiger partial charge in [0.15, 0.2) is 29.8 Å². The molecule has 0 radical (unpaired) electrons. The summed E-state index contributed by atoms with van der Waals surface area (Å²) in [5, 5.41) is 0. The second-order valence-corrected chi connectivity index (χ2v) is 9.25. The molecule has 2 aliphatic heterocycles. The van der Waals surface area contributed by atoms with Gasteiger partial charge in [-0.05, 0) is 37.1 Å². The van der Waals surface area contributed by atoms with Gasteiger partial charge >= 0.3 is 29.6 Å². The van der Waals surface area contributed by atoms with E-state index >= 15 is 0 Å². The summed E-state index contributed by atoms with van der Waals surface area (Å²) in [5.41, 5.74) is 0.874. The highest BCUT2D eigenvalue weighted by atomic mass is 16.6. The number of hydrogen-bond acceptors (Lipinski definition) is 12. The Kier molecular flexibility index (Phi) is 9.02. The van der Waals surface area contributed by atoms with Crippen molar-refractivity contribution in [2.75, 3.05) is 6.61 Å². The van der Waals surface area contributed by atoms with Crippen LogP contribution in [-0.2, 0) is 51.7 Å². The average Bonchev–Trinajstić information content (AvgIpc) is 2.84. The maximum atomic E-state index is 13.0. The molecule has 40 heavy (non-hydrogen) atoms. The second-order valence-electron chi connectivity index (χ2n) is 9.25. The van der Waals surface area contributed by atoms with Crippen LogP contribution < -0.4 is 11.2 Å². The number of aryl methyl sites for hydroxylation is 2. The number of aromatic nitrogens is 4. The number of hydrogen-bond donors (Lipinski definition) is 0. The third-order valence-electron chi connectivity index (χ3n) is 6.06. The predicted octanol–water partition coefficient (Wildman–Crippen LogP) is 0.570. The molecule has 0 spiro atoms. The molecule has 3 atom stereocenters. The molecule has 0 bridgehead atoms. The van der Waals surface area contributed by atoms with Crippen LogP contribution in [-0.4, -0.2) is 67.9 Å². The summed E-state index contributed by atoms with van der Waals surface area (Å²) in [6.07, 6.45) is -4.22. The standard InChI is InChI=1S/C26H30N4O10/c1-12-8-18-19(9-13(12)2)30(24-22(27-18)25(35)29(7)26(36)28-24)10-20(38-15(4)32)23(40-17(6)34)21(39-16(5)33)11-37-14(3)31/h8-9,20-21,23H,10-11H2,1-7H3/t20-,21-,23-/m0/s1. The van der Waals surface area contributed by atoms with Gasteiger partial charge in [0.05, 0.1) is 17.6 Å². The van der Waals surface area contributed by atoms with E-state index in [2.05, 4.69) is 9.97 Å². The van der Waals surface area contributed by atoms with Gasteiger partial charge in [0.2, 0.25) is 0 Å². The van der Waals surface area contributed by atoms with Gasteiger partial charge in [0.1, 0.15) is 6.61 Å².